The van der Waals surface area contributed by atoms with E-state index in [1.165, 1.54) is 66.4 Å². The molecule has 0 radical (unpaired) electrons. The Morgan fingerprint density at radius 3 is 1.08 bits per heavy atom. The normalized spacial score (nSPS) is 11.0. The predicted molar refractivity (Wildman–Crippen MR) is 226 cm³/mol. The van der Waals surface area contributed by atoms with Crippen LogP contribution >= 0.6 is 0 Å². The Hall–Kier alpha value is -6.96. The van der Waals surface area contributed by atoms with Gasteiger partial charge in [-0.05, 0) is 103 Å². The van der Waals surface area contributed by atoms with E-state index in [9.17, 15) is 0 Å². The van der Waals surface area contributed by atoms with E-state index in [0.29, 0.717) is 0 Å². The molecule has 0 fully saturated rings. The second kappa shape index (κ2) is 14.3. The first-order valence-corrected chi connectivity index (χ1v) is 18.2. The summed E-state index contributed by atoms with van der Waals surface area (Å²) < 4.78 is 0. The van der Waals surface area contributed by atoms with Crippen LogP contribution in [0.3, 0.4) is 0 Å². The largest absolute Gasteiger partial charge is 0.311 e. The summed E-state index contributed by atoms with van der Waals surface area (Å²) in [5, 5.41) is 2.51. The van der Waals surface area contributed by atoms with Gasteiger partial charge in [0.05, 0.1) is 0 Å². The molecule has 1 nitrogen and oxygen atoms in total. The minimum Gasteiger partial charge on any atom is -0.311 e. The zero-order valence-electron chi connectivity index (χ0n) is 29.3. The van der Waals surface area contributed by atoms with Gasteiger partial charge in [-0.2, -0.15) is 0 Å². The van der Waals surface area contributed by atoms with Gasteiger partial charge in [-0.1, -0.05) is 188 Å². The molecule has 0 N–H and O–H groups in total. The second-order valence-corrected chi connectivity index (χ2v) is 13.3. The molecule has 9 aromatic rings. The number of fused-ring (bicyclic) bond motifs is 1. The molecule has 1 heteroatoms. The summed E-state index contributed by atoms with van der Waals surface area (Å²) in [4.78, 5) is 2.34. The van der Waals surface area contributed by atoms with Gasteiger partial charge in [0.1, 0.15) is 0 Å². The topological polar surface area (TPSA) is 3.24 Å². The molecule has 0 aliphatic rings. The van der Waals surface area contributed by atoms with E-state index in [1.807, 2.05) is 0 Å². The first kappa shape index (κ1) is 32.0. The van der Waals surface area contributed by atoms with E-state index in [2.05, 4.69) is 229 Å². The van der Waals surface area contributed by atoms with Crippen LogP contribution in [0.1, 0.15) is 0 Å². The van der Waals surface area contributed by atoms with Crippen molar-refractivity contribution < 1.29 is 0 Å². The van der Waals surface area contributed by atoms with Crippen LogP contribution in [-0.2, 0) is 0 Å². The van der Waals surface area contributed by atoms with Crippen molar-refractivity contribution >= 4 is 27.8 Å². The van der Waals surface area contributed by atoms with Gasteiger partial charge in [-0.3, -0.25) is 0 Å². The zero-order valence-corrected chi connectivity index (χ0v) is 29.3. The SMILES string of the molecule is c1ccc(-c2ccc(N(c3ccc(-c4ccccc4)cc3)c3ccc(-c4ccccc4-c4ccccc4-c4cccc5ccccc45)cc3)cc2)cc1. The first-order valence-electron chi connectivity index (χ1n) is 18.2. The molecule has 0 aliphatic heterocycles. The van der Waals surface area contributed by atoms with E-state index in [0.717, 1.165) is 17.1 Å². The van der Waals surface area contributed by atoms with Crippen molar-refractivity contribution in [2.45, 2.75) is 0 Å². The number of benzene rings is 9. The number of anilines is 3. The molecule has 9 aromatic carbocycles. The van der Waals surface area contributed by atoms with Crippen LogP contribution in [-0.4, -0.2) is 0 Å². The molecule has 250 valence electrons. The average Bonchev–Trinajstić information content (AvgIpc) is 3.25. The maximum absolute atomic E-state index is 2.34. The molecule has 0 saturated heterocycles. The highest BCUT2D eigenvalue weighted by Gasteiger charge is 2.16. The fourth-order valence-corrected chi connectivity index (χ4v) is 7.49. The molecule has 0 unspecified atom stereocenters. The van der Waals surface area contributed by atoms with Crippen LogP contribution in [0.15, 0.2) is 224 Å². The second-order valence-electron chi connectivity index (χ2n) is 13.3. The third-order valence-electron chi connectivity index (χ3n) is 10.1. The van der Waals surface area contributed by atoms with E-state index in [1.54, 1.807) is 0 Å². The Bertz CT molecular complexity index is 2530. The van der Waals surface area contributed by atoms with Crippen molar-refractivity contribution in [2.75, 3.05) is 4.90 Å². The van der Waals surface area contributed by atoms with Crippen molar-refractivity contribution in [2.24, 2.45) is 0 Å². The third kappa shape index (κ3) is 6.42. The smallest absolute Gasteiger partial charge is 0.0462 e. The molecular weight excluding hydrogens is 639 g/mol. The maximum atomic E-state index is 2.34. The van der Waals surface area contributed by atoms with Gasteiger partial charge in [0, 0.05) is 17.1 Å². The molecule has 0 heterocycles. The summed E-state index contributed by atoms with van der Waals surface area (Å²) in [7, 11) is 0. The van der Waals surface area contributed by atoms with Gasteiger partial charge in [-0.15, -0.1) is 0 Å². The highest BCUT2D eigenvalue weighted by atomic mass is 15.1. The van der Waals surface area contributed by atoms with Crippen LogP contribution in [0.2, 0.25) is 0 Å². The minimum absolute atomic E-state index is 1.10. The van der Waals surface area contributed by atoms with Gasteiger partial charge in [-0.25, -0.2) is 0 Å². The number of nitrogens with zero attached hydrogens (tertiary/aromatic N) is 1. The van der Waals surface area contributed by atoms with Gasteiger partial charge in [0.25, 0.3) is 0 Å². The monoisotopic (exact) mass is 675 g/mol. The summed E-state index contributed by atoms with van der Waals surface area (Å²) in [6.07, 6.45) is 0. The van der Waals surface area contributed by atoms with Crippen molar-refractivity contribution in [3.63, 3.8) is 0 Å². The van der Waals surface area contributed by atoms with Gasteiger partial charge in [0.2, 0.25) is 0 Å². The van der Waals surface area contributed by atoms with E-state index >= 15 is 0 Å². The Kier molecular flexibility index (Phi) is 8.66. The van der Waals surface area contributed by atoms with Crippen molar-refractivity contribution in [3.8, 4) is 55.6 Å². The fourth-order valence-electron chi connectivity index (χ4n) is 7.49. The quantitative estimate of drug-likeness (QED) is 0.155. The molecule has 0 aliphatic carbocycles. The highest BCUT2D eigenvalue weighted by Crippen LogP contribution is 2.42. The summed E-state index contributed by atoms with van der Waals surface area (Å²) >= 11 is 0. The lowest BCUT2D eigenvalue weighted by molar-refractivity contribution is 1.28. The molecule has 0 bridgehead atoms. The summed E-state index contributed by atoms with van der Waals surface area (Å²) in [6, 6.07) is 80.7. The van der Waals surface area contributed by atoms with Gasteiger partial charge in [0.15, 0.2) is 0 Å². The van der Waals surface area contributed by atoms with Crippen LogP contribution in [0.4, 0.5) is 17.1 Å². The number of hydrogen-bond acceptors (Lipinski definition) is 1. The Morgan fingerprint density at radius 2 is 0.547 bits per heavy atom. The molecular formula is C52H37N. The lowest BCUT2D eigenvalue weighted by Crippen LogP contribution is -2.09. The molecule has 0 amide bonds. The first-order chi connectivity index (χ1) is 26.3. The lowest BCUT2D eigenvalue weighted by atomic mass is 9.88. The van der Waals surface area contributed by atoms with Crippen LogP contribution < -0.4 is 4.90 Å². The van der Waals surface area contributed by atoms with E-state index < -0.39 is 0 Å². The molecule has 0 spiro atoms. The Labute approximate surface area is 311 Å². The third-order valence-corrected chi connectivity index (χ3v) is 10.1. The van der Waals surface area contributed by atoms with Crippen LogP contribution in [0.5, 0.6) is 0 Å². The zero-order chi connectivity index (χ0) is 35.4. The highest BCUT2D eigenvalue weighted by molar-refractivity contribution is 6.02. The van der Waals surface area contributed by atoms with E-state index in [4.69, 9.17) is 0 Å². The van der Waals surface area contributed by atoms with Gasteiger partial charge >= 0.3 is 0 Å². The molecule has 0 saturated carbocycles. The van der Waals surface area contributed by atoms with Gasteiger partial charge < -0.3 is 4.90 Å². The predicted octanol–water partition coefficient (Wildman–Crippen LogP) is 14.6. The maximum Gasteiger partial charge on any atom is 0.0462 e. The molecule has 0 aromatic heterocycles. The van der Waals surface area contributed by atoms with E-state index in [-0.39, 0.29) is 0 Å². The fraction of sp³-hybridized carbons (Fsp3) is 0. The van der Waals surface area contributed by atoms with Crippen molar-refractivity contribution in [1.29, 1.82) is 0 Å². The Morgan fingerprint density at radius 1 is 0.208 bits per heavy atom. The van der Waals surface area contributed by atoms with Crippen molar-refractivity contribution in [3.05, 3.63) is 224 Å². The summed E-state index contributed by atoms with van der Waals surface area (Å²) in [6.45, 7) is 0. The molecule has 0 atom stereocenters. The molecule has 9 rings (SSSR count). The van der Waals surface area contributed by atoms with Crippen LogP contribution in [0, 0.1) is 0 Å². The number of hydrogen-bond donors (Lipinski definition) is 0. The number of rotatable bonds is 8. The lowest BCUT2D eigenvalue weighted by Gasteiger charge is -2.26. The molecule has 53 heavy (non-hydrogen) atoms. The minimum atomic E-state index is 1.10. The van der Waals surface area contributed by atoms with Crippen LogP contribution in [0.25, 0.3) is 66.4 Å². The summed E-state index contributed by atoms with van der Waals surface area (Å²) in [5.41, 5.74) is 15.4. The Balaban J connectivity index is 1.11. The average molecular weight is 676 g/mol. The standard InChI is InChI=1S/C52H37N/c1-3-14-38(15-4-1)40-26-32-44(33-27-40)53(45-34-28-41(29-35-45)39-16-5-2-6-17-39)46-36-30-43(31-37-46)48-21-9-10-22-49(48)51-23-11-12-24-52(51)50-25-13-19-42-18-7-8-20-47(42)50/h1-37H. The van der Waals surface area contributed by atoms with Crippen molar-refractivity contribution in [1.82, 2.24) is 0 Å². The summed E-state index contributed by atoms with van der Waals surface area (Å²) in [5.74, 6) is 0.